The Hall–Kier alpha value is -4.14. The van der Waals surface area contributed by atoms with Gasteiger partial charge >= 0.3 is 6.18 Å². The Morgan fingerprint density at radius 3 is 2.42 bits per heavy atom. The molecule has 3 aromatic carbocycles. The molecule has 1 heterocycles. The molecule has 0 fully saturated rings. The number of carbonyl (C=O) groups is 2. The molecule has 2 amide bonds. The van der Waals surface area contributed by atoms with E-state index in [2.05, 4.69) is 15.6 Å². The summed E-state index contributed by atoms with van der Waals surface area (Å²) in [6.45, 7) is 1.86. The number of alkyl halides is 3. The van der Waals surface area contributed by atoms with E-state index in [4.69, 9.17) is 0 Å². The summed E-state index contributed by atoms with van der Waals surface area (Å²) >= 11 is 0. The van der Waals surface area contributed by atoms with E-state index in [0.717, 1.165) is 27.7 Å². The molecule has 9 heteroatoms. The van der Waals surface area contributed by atoms with Crippen molar-refractivity contribution in [2.75, 3.05) is 12.4 Å². The Bertz CT molecular complexity index is 1390. The SMILES string of the molecule is CNC(=O)C(C)c1ccc(-c2ccc3c(c2)ncn3-c2cccc(NC(=O)CCC(F)(F)F)c2)cc1. The molecule has 4 aromatic rings. The van der Waals surface area contributed by atoms with Gasteiger partial charge in [-0.1, -0.05) is 36.4 Å². The van der Waals surface area contributed by atoms with Crippen LogP contribution in [0.25, 0.3) is 27.8 Å². The smallest absolute Gasteiger partial charge is 0.359 e. The van der Waals surface area contributed by atoms with E-state index < -0.39 is 24.9 Å². The number of imidazole rings is 1. The highest BCUT2D eigenvalue weighted by Gasteiger charge is 2.27. The number of likely N-dealkylation sites (N-methyl/N-ethyl adjacent to an activating group) is 1. The number of benzene rings is 3. The van der Waals surface area contributed by atoms with Crippen molar-refractivity contribution in [3.63, 3.8) is 0 Å². The molecule has 186 valence electrons. The highest BCUT2D eigenvalue weighted by Crippen LogP contribution is 2.28. The van der Waals surface area contributed by atoms with Gasteiger partial charge in [0, 0.05) is 24.8 Å². The maximum atomic E-state index is 12.4. The monoisotopic (exact) mass is 494 g/mol. The number of halogens is 3. The van der Waals surface area contributed by atoms with Crippen molar-refractivity contribution in [2.45, 2.75) is 31.9 Å². The lowest BCUT2D eigenvalue weighted by molar-refractivity contribution is -0.142. The average molecular weight is 495 g/mol. The summed E-state index contributed by atoms with van der Waals surface area (Å²) in [4.78, 5) is 28.3. The van der Waals surface area contributed by atoms with E-state index in [1.54, 1.807) is 31.6 Å². The second-order valence-electron chi connectivity index (χ2n) is 8.49. The van der Waals surface area contributed by atoms with Crippen LogP contribution in [0.1, 0.15) is 31.2 Å². The Morgan fingerprint density at radius 1 is 1.00 bits per heavy atom. The van der Waals surface area contributed by atoms with Crippen LogP contribution in [0.4, 0.5) is 18.9 Å². The van der Waals surface area contributed by atoms with Crippen molar-refractivity contribution in [1.29, 1.82) is 0 Å². The largest absolute Gasteiger partial charge is 0.389 e. The molecule has 0 spiro atoms. The molecule has 0 radical (unpaired) electrons. The molecule has 1 unspecified atom stereocenters. The van der Waals surface area contributed by atoms with Crippen molar-refractivity contribution >= 4 is 28.5 Å². The van der Waals surface area contributed by atoms with E-state index in [1.165, 1.54) is 0 Å². The Labute approximate surface area is 206 Å². The first-order valence-corrected chi connectivity index (χ1v) is 11.4. The molecule has 4 rings (SSSR count). The van der Waals surface area contributed by atoms with Crippen LogP contribution in [0.2, 0.25) is 0 Å². The molecule has 0 aliphatic heterocycles. The number of nitrogens with zero attached hydrogens (tertiary/aromatic N) is 2. The molecular weight excluding hydrogens is 469 g/mol. The minimum absolute atomic E-state index is 0.0420. The Balaban J connectivity index is 1.53. The predicted octanol–water partition coefficient (Wildman–Crippen LogP) is 5.82. The third-order valence-electron chi connectivity index (χ3n) is 5.97. The third-order valence-corrected chi connectivity index (χ3v) is 5.97. The Morgan fingerprint density at radius 2 is 1.72 bits per heavy atom. The van der Waals surface area contributed by atoms with Gasteiger partial charge in [-0.2, -0.15) is 13.2 Å². The van der Waals surface area contributed by atoms with E-state index in [0.29, 0.717) is 11.4 Å². The molecule has 36 heavy (non-hydrogen) atoms. The van der Waals surface area contributed by atoms with Gasteiger partial charge in [0.1, 0.15) is 6.33 Å². The first kappa shape index (κ1) is 25.0. The van der Waals surface area contributed by atoms with Crippen molar-refractivity contribution in [3.8, 4) is 16.8 Å². The number of fused-ring (bicyclic) bond motifs is 1. The number of rotatable bonds is 7. The van der Waals surface area contributed by atoms with E-state index in [-0.39, 0.29) is 11.8 Å². The van der Waals surface area contributed by atoms with Crippen LogP contribution < -0.4 is 10.6 Å². The summed E-state index contributed by atoms with van der Waals surface area (Å²) in [6.07, 6.45) is -4.51. The predicted molar refractivity (Wildman–Crippen MR) is 133 cm³/mol. The number of carbonyl (C=O) groups excluding carboxylic acids is 2. The van der Waals surface area contributed by atoms with Crippen LogP contribution in [-0.4, -0.2) is 34.6 Å². The molecule has 0 aliphatic carbocycles. The van der Waals surface area contributed by atoms with Crippen LogP contribution in [0.15, 0.2) is 73.1 Å². The average Bonchev–Trinajstić information content (AvgIpc) is 3.30. The van der Waals surface area contributed by atoms with E-state index in [1.807, 2.05) is 60.0 Å². The zero-order valence-corrected chi connectivity index (χ0v) is 19.8. The van der Waals surface area contributed by atoms with Crippen molar-refractivity contribution < 1.29 is 22.8 Å². The highest BCUT2D eigenvalue weighted by molar-refractivity contribution is 5.91. The van der Waals surface area contributed by atoms with Gasteiger partial charge in [0.25, 0.3) is 0 Å². The van der Waals surface area contributed by atoms with E-state index >= 15 is 0 Å². The molecule has 0 saturated heterocycles. The second-order valence-corrected chi connectivity index (χ2v) is 8.49. The lowest BCUT2D eigenvalue weighted by Gasteiger charge is -2.11. The first-order valence-electron chi connectivity index (χ1n) is 11.4. The summed E-state index contributed by atoms with van der Waals surface area (Å²) in [5.41, 5.74) is 5.60. The Kier molecular flexibility index (Phi) is 7.10. The van der Waals surface area contributed by atoms with Crippen molar-refractivity contribution in [2.24, 2.45) is 0 Å². The van der Waals surface area contributed by atoms with Crippen LogP contribution >= 0.6 is 0 Å². The molecule has 0 saturated carbocycles. The lowest BCUT2D eigenvalue weighted by atomic mass is 9.97. The molecule has 0 bridgehead atoms. The van der Waals surface area contributed by atoms with Crippen LogP contribution in [-0.2, 0) is 9.59 Å². The lowest BCUT2D eigenvalue weighted by Crippen LogP contribution is -2.23. The van der Waals surface area contributed by atoms with Gasteiger partial charge in [0.15, 0.2) is 0 Å². The minimum atomic E-state index is -4.38. The summed E-state index contributed by atoms with van der Waals surface area (Å²) < 4.78 is 39.0. The number of amides is 2. The maximum Gasteiger partial charge on any atom is 0.389 e. The molecule has 1 aromatic heterocycles. The molecular formula is C27H25F3N4O2. The third kappa shape index (κ3) is 5.73. The summed E-state index contributed by atoms with van der Waals surface area (Å²) in [5.74, 6) is -0.979. The fraction of sp³-hybridized carbons (Fsp3) is 0.222. The standard InChI is InChI=1S/C27H25F3N4O2/c1-17(26(36)31-2)18-6-8-19(9-7-18)20-10-11-24-23(14-20)32-16-34(24)22-5-3-4-21(15-22)33-25(35)12-13-27(28,29)30/h3-11,14-17H,12-13H2,1-2H3,(H,31,36)(H,33,35). The quantitative estimate of drug-likeness (QED) is 0.340. The number of anilines is 1. The summed E-state index contributed by atoms with van der Waals surface area (Å²) in [6, 6.07) is 20.5. The number of hydrogen-bond acceptors (Lipinski definition) is 3. The van der Waals surface area contributed by atoms with Crippen LogP contribution in [0.3, 0.4) is 0 Å². The van der Waals surface area contributed by atoms with Crippen molar-refractivity contribution in [1.82, 2.24) is 14.9 Å². The number of aromatic nitrogens is 2. The van der Waals surface area contributed by atoms with Gasteiger partial charge in [-0.3, -0.25) is 14.2 Å². The topological polar surface area (TPSA) is 76.0 Å². The summed E-state index contributed by atoms with van der Waals surface area (Å²) in [5, 5.41) is 5.18. The van der Waals surface area contributed by atoms with Gasteiger partial charge in [0.2, 0.25) is 11.8 Å². The number of hydrogen-bond donors (Lipinski definition) is 2. The minimum Gasteiger partial charge on any atom is -0.359 e. The zero-order chi connectivity index (χ0) is 25.9. The molecule has 1 atom stereocenters. The molecule has 6 nitrogen and oxygen atoms in total. The first-order chi connectivity index (χ1) is 17.1. The van der Waals surface area contributed by atoms with Gasteiger partial charge in [-0.25, -0.2) is 4.98 Å². The second kappa shape index (κ2) is 10.2. The van der Waals surface area contributed by atoms with Gasteiger partial charge in [-0.05, 0) is 53.9 Å². The van der Waals surface area contributed by atoms with E-state index in [9.17, 15) is 22.8 Å². The van der Waals surface area contributed by atoms with Gasteiger partial charge in [0.05, 0.1) is 23.4 Å². The zero-order valence-electron chi connectivity index (χ0n) is 19.8. The summed E-state index contributed by atoms with van der Waals surface area (Å²) in [7, 11) is 1.62. The van der Waals surface area contributed by atoms with Crippen LogP contribution in [0, 0.1) is 0 Å². The molecule has 2 N–H and O–H groups in total. The number of nitrogens with one attached hydrogen (secondary N) is 2. The van der Waals surface area contributed by atoms with Crippen molar-refractivity contribution in [3.05, 3.63) is 78.6 Å². The maximum absolute atomic E-state index is 12.4. The fourth-order valence-electron chi connectivity index (χ4n) is 3.94. The van der Waals surface area contributed by atoms with Gasteiger partial charge in [-0.15, -0.1) is 0 Å². The highest BCUT2D eigenvalue weighted by atomic mass is 19.4. The normalized spacial score (nSPS) is 12.4. The van der Waals surface area contributed by atoms with Crippen LogP contribution in [0.5, 0.6) is 0 Å². The van der Waals surface area contributed by atoms with Gasteiger partial charge < -0.3 is 10.6 Å². The fourth-order valence-corrected chi connectivity index (χ4v) is 3.94. The molecule has 0 aliphatic rings.